The molecule has 0 aliphatic carbocycles. The van der Waals surface area contributed by atoms with E-state index in [2.05, 4.69) is 4.98 Å². The molecule has 11 nitrogen and oxygen atoms in total. The van der Waals surface area contributed by atoms with Crippen molar-refractivity contribution in [3.8, 4) is 0 Å². The van der Waals surface area contributed by atoms with Gasteiger partial charge in [0.1, 0.15) is 6.61 Å². The van der Waals surface area contributed by atoms with Crippen LogP contribution in [0.15, 0.2) is 32.8 Å². The Morgan fingerprint density at radius 3 is 2.87 bits per heavy atom. The fourth-order valence-corrected chi connectivity index (χ4v) is 3.34. The van der Waals surface area contributed by atoms with Crippen LogP contribution in [0.1, 0.15) is 35.3 Å². The fraction of sp³-hybridized carbons (Fsp3) is 0.333. The Morgan fingerprint density at radius 1 is 1.33 bits per heavy atom. The molecule has 2 heterocycles. The number of benzene rings is 1. The molecule has 0 atom stereocenters. The molecule has 1 aromatic carbocycles. The van der Waals surface area contributed by atoms with E-state index in [0.717, 1.165) is 11.3 Å². The van der Waals surface area contributed by atoms with Crippen molar-refractivity contribution in [1.29, 1.82) is 0 Å². The van der Waals surface area contributed by atoms with Crippen molar-refractivity contribution in [2.24, 2.45) is 0 Å². The highest BCUT2D eigenvalue weighted by Gasteiger charge is 2.15. The van der Waals surface area contributed by atoms with E-state index >= 15 is 0 Å². The number of nitro groups is 1. The second kappa shape index (κ2) is 9.31. The van der Waals surface area contributed by atoms with Gasteiger partial charge >= 0.3 is 17.7 Å². The predicted octanol–water partition coefficient (Wildman–Crippen LogP) is 2.66. The maximum Gasteiger partial charge on any atom is 0.419 e. The van der Waals surface area contributed by atoms with Gasteiger partial charge in [0.25, 0.3) is 5.69 Å². The molecule has 0 N–H and O–H groups in total. The zero-order valence-electron chi connectivity index (χ0n) is 15.9. The highest BCUT2D eigenvalue weighted by Crippen LogP contribution is 2.20. The molecule has 0 bridgehead atoms. The summed E-state index contributed by atoms with van der Waals surface area (Å²) in [5.41, 5.74) is 0.779. The van der Waals surface area contributed by atoms with Gasteiger partial charge in [0.15, 0.2) is 5.58 Å². The average molecular weight is 435 g/mol. The molecule has 0 fully saturated rings. The first-order chi connectivity index (χ1) is 14.4. The van der Waals surface area contributed by atoms with Crippen LogP contribution in [-0.4, -0.2) is 33.0 Å². The van der Waals surface area contributed by atoms with Gasteiger partial charge in [0.05, 0.1) is 28.8 Å². The monoisotopic (exact) mass is 435 g/mol. The Balaban J connectivity index is 1.51. The van der Waals surface area contributed by atoms with Gasteiger partial charge in [-0.1, -0.05) is 0 Å². The number of oxazole rings is 1. The summed E-state index contributed by atoms with van der Waals surface area (Å²) in [7, 11) is 0. The fourth-order valence-electron chi connectivity index (χ4n) is 2.65. The summed E-state index contributed by atoms with van der Waals surface area (Å²) in [5, 5.41) is 12.6. The van der Waals surface area contributed by atoms with Gasteiger partial charge in [-0.05, 0) is 19.4 Å². The summed E-state index contributed by atoms with van der Waals surface area (Å²) in [6.45, 7) is 2.04. The molecule has 0 aliphatic rings. The second-order valence-corrected chi connectivity index (χ2v) is 6.92. The predicted molar refractivity (Wildman–Crippen MR) is 104 cm³/mol. The lowest BCUT2D eigenvalue weighted by Gasteiger charge is -2.04. The summed E-state index contributed by atoms with van der Waals surface area (Å²) in [5.74, 6) is -1.67. The number of fused-ring (bicyclic) bond motifs is 1. The SMILES string of the molecule is CCOC(=O)c1nc(COC(=O)CCCn2c(=O)oc3cc([N+](=O)[O-])ccc32)cs1. The summed E-state index contributed by atoms with van der Waals surface area (Å²) in [6.07, 6.45) is 0.344. The average Bonchev–Trinajstić information content (AvgIpc) is 3.30. The molecule has 0 amide bonds. The smallest absolute Gasteiger partial charge is 0.419 e. The maximum atomic E-state index is 12.0. The number of ether oxygens (including phenoxy) is 2. The van der Waals surface area contributed by atoms with Crippen LogP contribution >= 0.6 is 11.3 Å². The molecular weight excluding hydrogens is 418 g/mol. The number of carbonyl (C=O) groups is 2. The van der Waals surface area contributed by atoms with E-state index in [0.29, 0.717) is 17.6 Å². The van der Waals surface area contributed by atoms with Crippen molar-refractivity contribution >= 4 is 40.1 Å². The summed E-state index contributed by atoms with van der Waals surface area (Å²) >= 11 is 1.10. The Labute approximate surface area is 173 Å². The minimum absolute atomic E-state index is 0.0426. The summed E-state index contributed by atoms with van der Waals surface area (Å²) in [4.78, 5) is 49.8. The number of aromatic nitrogens is 2. The quantitative estimate of drug-likeness (QED) is 0.281. The Bertz CT molecular complexity index is 1150. The van der Waals surface area contributed by atoms with Gasteiger partial charge < -0.3 is 13.9 Å². The Morgan fingerprint density at radius 2 is 2.13 bits per heavy atom. The van der Waals surface area contributed by atoms with E-state index < -0.39 is 22.6 Å². The van der Waals surface area contributed by atoms with Crippen molar-refractivity contribution in [2.45, 2.75) is 32.9 Å². The minimum atomic E-state index is -0.659. The number of nitrogens with zero attached hydrogens (tertiary/aromatic N) is 3. The first-order valence-corrected chi connectivity index (χ1v) is 9.82. The van der Waals surface area contributed by atoms with E-state index in [4.69, 9.17) is 13.9 Å². The molecule has 0 saturated carbocycles. The van der Waals surface area contributed by atoms with E-state index in [-0.39, 0.29) is 42.5 Å². The molecule has 30 heavy (non-hydrogen) atoms. The highest BCUT2D eigenvalue weighted by molar-refractivity contribution is 7.11. The van der Waals surface area contributed by atoms with Gasteiger partial charge in [-0.3, -0.25) is 19.5 Å². The molecule has 158 valence electrons. The van der Waals surface area contributed by atoms with Crippen LogP contribution in [0.4, 0.5) is 5.69 Å². The van der Waals surface area contributed by atoms with Crippen LogP contribution in [0.2, 0.25) is 0 Å². The summed E-state index contributed by atoms with van der Waals surface area (Å²) in [6, 6.07) is 3.89. The van der Waals surface area contributed by atoms with Gasteiger partial charge in [0.2, 0.25) is 5.01 Å². The van der Waals surface area contributed by atoms with Crippen LogP contribution in [-0.2, 0) is 27.4 Å². The molecule has 3 aromatic rings. The second-order valence-electron chi connectivity index (χ2n) is 6.06. The lowest BCUT2D eigenvalue weighted by Crippen LogP contribution is -2.15. The molecule has 12 heteroatoms. The van der Waals surface area contributed by atoms with E-state index in [1.807, 2.05) is 0 Å². The first-order valence-electron chi connectivity index (χ1n) is 8.94. The molecule has 3 rings (SSSR count). The number of aryl methyl sites for hydroxylation is 1. The van der Waals surface area contributed by atoms with Crippen LogP contribution < -0.4 is 5.76 Å². The number of rotatable bonds is 9. The third kappa shape index (κ3) is 4.89. The van der Waals surface area contributed by atoms with Crippen molar-refractivity contribution in [3.05, 3.63) is 54.9 Å². The third-order valence-corrected chi connectivity index (χ3v) is 4.88. The Kier molecular flexibility index (Phi) is 6.57. The lowest BCUT2D eigenvalue weighted by molar-refractivity contribution is -0.384. The van der Waals surface area contributed by atoms with Crippen molar-refractivity contribution in [3.63, 3.8) is 0 Å². The van der Waals surface area contributed by atoms with Crippen LogP contribution in [0.25, 0.3) is 11.1 Å². The largest absolute Gasteiger partial charge is 0.461 e. The highest BCUT2D eigenvalue weighted by atomic mass is 32.1. The molecule has 2 aromatic heterocycles. The van der Waals surface area contributed by atoms with Gasteiger partial charge in [0, 0.05) is 24.4 Å². The van der Waals surface area contributed by atoms with Gasteiger partial charge in [-0.2, -0.15) is 0 Å². The van der Waals surface area contributed by atoms with Crippen LogP contribution in [0.5, 0.6) is 0 Å². The standard InChI is InChI=1S/C18H17N3O8S/c1-2-27-17(23)16-19-11(10-30-16)9-28-15(22)4-3-7-20-13-6-5-12(21(25)26)8-14(13)29-18(20)24/h5-6,8,10H,2-4,7,9H2,1H3. The zero-order chi connectivity index (χ0) is 21.7. The molecule has 0 radical (unpaired) electrons. The van der Waals surface area contributed by atoms with Crippen LogP contribution in [0.3, 0.4) is 0 Å². The third-order valence-electron chi connectivity index (χ3n) is 4.01. The number of carbonyl (C=O) groups excluding carboxylic acids is 2. The number of hydrogen-bond donors (Lipinski definition) is 0. The summed E-state index contributed by atoms with van der Waals surface area (Å²) < 4.78 is 16.3. The van der Waals surface area contributed by atoms with E-state index in [9.17, 15) is 24.5 Å². The topological polar surface area (TPSA) is 144 Å². The molecule has 0 unspecified atom stereocenters. The zero-order valence-corrected chi connectivity index (χ0v) is 16.7. The number of nitro benzene ring substituents is 1. The number of non-ortho nitro benzene ring substituents is 1. The van der Waals surface area contributed by atoms with Gasteiger partial charge in [-0.15, -0.1) is 11.3 Å². The molecule has 0 saturated heterocycles. The van der Waals surface area contributed by atoms with Crippen molar-refractivity contribution < 1.29 is 28.4 Å². The van der Waals surface area contributed by atoms with E-state index in [1.165, 1.54) is 22.8 Å². The Hall–Kier alpha value is -3.54. The van der Waals surface area contributed by atoms with Crippen molar-refractivity contribution in [2.75, 3.05) is 6.61 Å². The van der Waals surface area contributed by atoms with Crippen molar-refractivity contribution in [1.82, 2.24) is 9.55 Å². The van der Waals surface area contributed by atoms with Gasteiger partial charge in [-0.25, -0.2) is 14.6 Å². The lowest BCUT2D eigenvalue weighted by atomic mass is 10.2. The minimum Gasteiger partial charge on any atom is -0.461 e. The number of hydrogen-bond acceptors (Lipinski definition) is 10. The first kappa shape index (κ1) is 21.2. The molecule has 0 spiro atoms. The van der Waals surface area contributed by atoms with E-state index in [1.54, 1.807) is 12.3 Å². The number of thiazole rings is 1. The molecule has 0 aliphatic heterocycles. The van der Waals surface area contributed by atoms with Crippen LogP contribution in [0, 0.1) is 10.1 Å². The number of esters is 2. The maximum absolute atomic E-state index is 12.0. The normalized spacial score (nSPS) is 10.8. The molecular formula is C18H17N3O8S.